The fraction of sp³-hybridized carbons (Fsp3) is 0.100. The van der Waals surface area contributed by atoms with E-state index in [0.29, 0.717) is 17.1 Å². The number of ether oxygens (including phenoxy) is 1. The molecular formula is C20H19N3O2. The highest BCUT2D eigenvalue weighted by molar-refractivity contribution is 6.04. The first kappa shape index (κ1) is 16.5. The van der Waals surface area contributed by atoms with E-state index in [2.05, 4.69) is 15.6 Å². The number of aryl methyl sites for hydroxylation is 1. The quantitative estimate of drug-likeness (QED) is 0.727. The van der Waals surface area contributed by atoms with Gasteiger partial charge in [-0.15, -0.1) is 0 Å². The molecule has 0 saturated carbocycles. The van der Waals surface area contributed by atoms with Gasteiger partial charge in [0.05, 0.1) is 19.0 Å². The summed E-state index contributed by atoms with van der Waals surface area (Å²) in [5.74, 6) is 1.30. The van der Waals surface area contributed by atoms with Crippen LogP contribution in [0.5, 0.6) is 5.75 Å². The third-order valence-corrected chi connectivity index (χ3v) is 3.64. The van der Waals surface area contributed by atoms with E-state index in [1.807, 2.05) is 61.5 Å². The van der Waals surface area contributed by atoms with Gasteiger partial charge in [0.25, 0.3) is 5.91 Å². The smallest absolute Gasteiger partial charge is 0.255 e. The Hall–Kier alpha value is -3.34. The van der Waals surface area contributed by atoms with Crippen LogP contribution in [0, 0.1) is 6.92 Å². The van der Waals surface area contributed by atoms with E-state index in [1.165, 1.54) is 0 Å². The maximum absolute atomic E-state index is 12.2. The van der Waals surface area contributed by atoms with Gasteiger partial charge in [-0.2, -0.15) is 0 Å². The molecule has 3 rings (SSSR count). The van der Waals surface area contributed by atoms with Gasteiger partial charge in [0.1, 0.15) is 11.6 Å². The minimum Gasteiger partial charge on any atom is -0.497 e. The van der Waals surface area contributed by atoms with Gasteiger partial charge in [0, 0.05) is 17.3 Å². The van der Waals surface area contributed by atoms with Gasteiger partial charge in [-0.05, 0) is 43.3 Å². The van der Waals surface area contributed by atoms with Crippen molar-refractivity contribution in [1.29, 1.82) is 0 Å². The number of rotatable bonds is 5. The molecule has 5 heteroatoms. The first-order chi connectivity index (χ1) is 12.1. The average Bonchev–Trinajstić information content (AvgIpc) is 2.63. The Labute approximate surface area is 146 Å². The lowest BCUT2D eigenvalue weighted by atomic mass is 10.1. The summed E-state index contributed by atoms with van der Waals surface area (Å²) in [6.45, 7) is 1.96. The van der Waals surface area contributed by atoms with Crippen LogP contribution >= 0.6 is 0 Å². The molecule has 0 fully saturated rings. The number of aromatic nitrogens is 1. The Morgan fingerprint density at radius 3 is 2.56 bits per heavy atom. The van der Waals surface area contributed by atoms with E-state index in [-0.39, 0.29) is 5.91 Å². The Morgan fingerprint density at radius 2 is 1.84 bits per heavy atom. The number of nitrogens with zero attached hydrogens (tertiary/aromatic N) is 1. The summed E-state index contributed by atoms with van der Waals surface area (Å²) >= 11 is 0. The number of nitrogens with one attached hydrogen (secondary N) is 2. The molecule has 1 aromatic heterocycles. The standard InChI is InChI=1S/C20H19N3O2/c1-14-5-3-6-15(11-14)20(24)23-17-9-10-19(21-13-17)22-16-7-4-8-18(12-16)25-2/h3-13H,1-2H3,(H,21,22)(H,23,24). The van der Waals surface area contributed by atoms with Crippen LogP contribution in [0.15, 0.2) is 66.9 Å². The van der Waals surface area contributed by atoms with Gasteiger partial charge in [-0.3, -0.25) is 4.79 Å². The minimum atomic E-state index is -0.154. The van der Waals surface area contributed by atoms with Crippen molar-refractivity contribution >= 4 is 23.1 Å². The number of benzene rings is 2. The lowest BCUT2D eigenvalue weighted by Gasteiger charge is -2.09. The van der Waals surface area contributed by atoms with E-state index >= 15 is 0 Å². The molecule has 5 nitrogen and oxygen atoms in total. The second-order valence-electron chi connectivity index (χ2n) is 5.61. The van der Waals surface area contributed by atoms with E-state index in [0.717, 1.165) is 17.0 Å². The lowest BCUT2D eigenvalue weighted by Crippen LogP contribution is -2.12. The Bertz CT molecular complexity index is 876. The molecule has 0 radical (unpaired) electrons. The van der Waals surface area contributed by atoms with Gasteiger partial charge in [0.2, 0.25) is 0 Å². The SMILES string of the molecule is COc1cccc(Nc2ccc(NC(=O)c3cccc(C)c3)cn2)c1. The van der Waals surface area contributed by atoms with Crippen LogP contribution in [-0.4, -0.2) is 18.0 Å². The second kappa shape index (κ2) is 7.49. The first-order valence-corrected chi connectivity index (χ1v) is 7.89. The summed E-state index contributed by atoms with van der Waals surface area (Å²) in [4.78, 5) is 16.6. The van der Waals surface area contributed by atoms with E-state index < -0.39 is 0 Å². The van der Waals surface area contributed by atoms with Gasteiger partial charge >= 0.3 is 0 Å². The predicted octanol–water partition coefficient (Wildman–Crippen LogP) is 4.39. The maximum atomic E-state index is 12.2. The molecule has 0 bridgehead atoms. The Kier molecular flexibility index (Phi) is 4.95. The number of hydrogen-bond donors (Lipinski definition) is 2. The van der Waals surface area contributed by atoms with Crippen LogP contribution in [0.25, 0.3) is 0 Å². The zero-order chi connectivity index (χ0) is 17.6. The molecule has 126 valence electrons. The summed E-state index contributed by atoms with van der Waals surface area (Å²) < 4.78 is 5.20. The molecule has 25 heavy (non-hydrogen) atoms. The number of pyridine rings is 1. The second-order valence-corrected chi connectivity index (χ2v) is 5.61. The van der Waals surface area contributed by atoms with Gasteiger partial charge in [-0.1, -0.05) is 23.8 Å². The van der Waals surface area contributed by atoms with Crippen LogP contribution in [0.4, 0.5) is 17.2 Å². The Morgan fingerprint density at radius 1 is 1.00 bits per heavy atom. The minimum absolute atomic E-state index is 0.154. The number of methoxy groups -OCH3 is 1. The molecule has 2 N–H and O–H groups in total. The van der Waals surface area contributed by atoms with Crippen molar-refractivity contribution in [3.05, 3.63) is 78.0 Å². The van der Waals surface area contributed by atoms with Crippen molar-refractivity contribution in [1.82, 2.24) is 4.98 Å². The van der Waals surface area contributed by atoms with Crippen LogP contribution in [0.3, 0.4) is 0 Å². The van der Waals surface area contributed by atoms with Crippen molar-refractivity contribution in [2.75, 3.05) is 17.7 Å². The maximum Gasteiger partial charge on any atom is 0.255 e. The predicted molar refractivity (Wildman–Crippen MR) is 99.6 cm³/mol. The molecule has 0 saturated heterocycles. The summed E-state index contributed by atoms with van der Waals surface area (Å²) in [6, 6.07) is 18.7. The zero-order valence-electron chi connectivity index (χ0n) is 14.1. The Balaban J connectivity index is 1.66. The fourth-order valence-corrected chi connectivity index (χ4v) is 2.38. The number of carbonyl (C=O) groups excluding carboxylic acids is 1. The number of amides is 1. The third kappa shape index (κ3) is 4.35. The van der Waals surface area contributed by atoms with Crippen LogP contribution in [0.1, 0.15) is 15.9 Å². The highest BCUT2D eigenvalue weighted by Crippen LogP contribution is 2.21. The summed E-state index contributed by atoms with van der Waals surface area (Å²) in [5.41, 5.74) is 3.19. The van der Waals surface area contributed by atoms with Gasteiger partial charge in [0.15, 0.2) is 0 Å². The third-order valence-electron chi connectivity index (χ3n) is 3.64. The van der Waals surface area contributed by atoms with Crippen LogP contribution in [0.2, 0.25) is 0 Å². The molecule has 0 unspecified atom stereocenters. The highest BCUT2D eigenvalue weighted by atomic mass is 16.5. The molecule has 3 aromatic rings. The van der Waals surface area contributed by atoms with Crippen molar-refractivity contribution < 1.29 is 9.53 Å². The molecule has 0 aliphatic rings. The van der Waals surface area contributed by atoms with Gasteiger partial charge < -0.3 is 15.4 Å². The number of anilines is 3. The van der Waals surface area contributed by atoms with Crippen molar-refractivity contribution in [2.24, 2.45) is 0 Å². The zero-order valence-corrected chi connectivity index (χ0v) is 14.1. The fourth-order valence-electron chi connectivity index (χ4n) is 2.38. The van der Waals surface area contributed by atoms with Crippen molar-refractivity contribution in [3.8, 4) is 5.75 Å². The molecule has 1 heterocycles. The summed E-state index contributed by atoms with van der Waals surface area (Å²) in [6.07, 6.45) is 1.62. The van der Waals surface area contributed by atoms with E-state index in [4.69, 9.17) is 4.74 Å². The molecule has 0 aliphatic carbocycles. The highest BCUT2D eigenvalue weighted by Gasteiger charge is 2.06. The molecule has 0 atom stereocenters. The molecule has 2 aromatic carbocycles. The molecule has 0 spiro atoms. The lowest BCUT2D eigenvalue weighted by molar-refractivity contribution is 0.102. The topological polar surface area (TPSA) is 63.2 Å². The molecular weight excluding hydrogens is 314 g/mol. The monoisotopic (exact) mass is 333 g/mol. The van der Waals surface area contributed by atoms with E-state index in [1.54, 1.807) is 19.4 Å². The molecule has 0 aliphatic heterocycles. The van der Waals surface area contributed by atoms with Crippen molar-refractivity contribution in [2.45, 2.75) is 6.92 Å². The van der Waals surface area contributed by atoms with Crippen molar-refractivity contribution in [3.63, 3.8) is 0 Å². The average molecular weight is 333 g/mol. The summed E-state index contributed by atoms with van der Waals surface area (Å²) in [5, 5.41) is 6.04. The number of carbonyl (C=O) groups is 1. The van der Waals surface area contributed by atoms with E-state index in [9.17, 15) is 4.79 Å². The van der Waals surface area contributed by atoms with Gasteiger partial charge in [-0.25, -0.2) is 4.98 Å². The first-order valence-electron chi connectivity index (χ1n) is 7.89. The number of hydrogen-bond acceptors (Lipinski definition) is 4. The molecule has 1 amide bonds. The van der Waals surface area contributed by atoms with Crippen LogP contribution in [-0.2, 0) is 0 Å². The normalized spacial score (nSPS) is 10.2. The largest absolute Gasteiger partial charge is 0.497 e. The van der Waals surface area contributed by atoms with Crippen LogP contribution < -0.4 is 15.4 Å². The summed E-state index contributed by atoms with van der Waals surface area (Å²) in [7, 11) is 1.63.